The first-order valence-corrected chi connectivity index (χ1v) is 18.9. The number of fused-ring (bicyclic) bond motifs is 6. The Kier molecular flexibility index (Phi) is 7.46. The van der Waals surface area contributed by atoms with E-state index in [-0.39, 0.29) is 0 Å². The molecule has 0 saturated heterocycles. The average molecular weight is 716 g/mol. The van der Waals surface area contributed by atoms with Crippen molar-refractivity contribution in [1.82, 2.24) is 14.5 Å². The molecule has 0 saturated carbocycles. The van der Waals surface area contributed by atoms with Crippen LogP contribution in [0.1, 0.15) is 0 Å². The lowest BCUT2D eigenvalue weighted by Gasteiger charge is -2.13. The van der Waals surface area contributed by atoms with Crippen LogP contribution in [0.5, 0.6) is 0 Å². The molecular weight excluding hydrogens is 683 g/mol. The topological polar surface area (TPSA) is 43.9 Å². The van der Waals surface area contributed by atoms with Gasteiger partial charge in [-0.1, -0.05) is 164 Å². The molecule has 11 aromatic rings. The molecular formula is C52H33N3O. The molecule has 0 amide bonds. The zero-order chi connectivity index (χ0) is 37.0. The van der Waals surface area contributed by atoms with Crippen LogP contribution >= 0.6 is 0 Å². The highest BCUT2D eigenvalue weighted by Crippen LogP contribution is 2.42. The van der Waals surface area contributed by atoms with E-state index in [0.29, 0.717) is 5.82 Å². The summed E-state index contributed by atoms with van der Waals surface area (Å²) in [5.74, 6) is 0.684. The summed E-state index contributed by atoms with van der Waals surface area (Å²) in [4.78, 5) is 10.6. The first-order valence-electron chi connectivity index (χ1n) is 18.9. The van der Waals surface area contributed by atoms with Crippen molar-refractivity contribution in [2.75, 3.05) is 0 Å². The van der Waals surface area contributed by atoms with Crippen LogP contribution in [0.4, 0.5) is 0 Å². The summed E-state index contributed by atoms with van der Waals surface area (Å²) in [5, 5.41) is 4.43. The van der Waals surface area contributed by atoms with Crippen LogP contribution in [0.15, 0.2) is 205 Å². The summed E-state index contributed by atoms with van der Waals surface area (Å²) in [7, 11) is 0. The minimum absolute atomic E-state index is 0.684. The fourth-order valence-electron chi connectivity index (χ4n) is 8.19. The van der Waals surface area contributed by atoms with E-state index in [0.717, 1.165) is 88.6 Å². The maximum absolute atomic E-state index is 6.56. The van der Waals surface area contributed by atoms with Crippen molar-refractivity contribution in [2.24, 2.45) is 0 Å². The van der Waals surface area contributed by atoms with Crippen molar-refractivity contribution < 1.29 is 4.42 Å². The van der Waals surface area contributed by atoms with E-state index in [1.807, 2.05) is 24.3 Å². The largest absolute Gasteiger partial charge is 0.455 e. The van der Waals surface area contributed by atoms with Crippen molar-refractivity contribution >= 4 is 43.7 Å². The van der Waals surface area contributed by atoms with Crippen molar-refractivity contribution in [3.63, 3.8) is 0 Å². The molecule has 0 aliphatic rings. The Morgan fingerprint density at radius 1 is 0.375 bits per heavy atom. The molecule has 56 heavy (non-hydrogen) atoms. The monoisotopic (exact) mass is 715 g/mol. The number of aromatic nitrogens is 3. The van der Waals surface area contributed by atoms with Gasteiger partial charge in [-0.2, -0.15) is 0 Å². The third-order valence-corrected chi connectivity index (χ3v) is 10.8. The lowest BCUT2D eigenvalue weighted by Crippen LogP contribution is -1.97. The number of para-hydroxylation sites is 2. The third-order valence-electron chi connectivity index (χ3n) is 10.8. The molecule has 4 heteroatoms. The van der Waals surface area contributed by atoms with E-state index in [9.17, 15) is 0 Å². The predicted molar refractivity (Wildman–Crippen MR) is 231 cm³/mol. The maximum Gasteiger partial charge on any atom is 0.161 e. The molecule has 8 aromatic carbocycles. The Morgan fingerprint density at radius 2 is 0.929 bits per heavy atom. The first kappa shape index (κ1) is 31.9. The number of hydrogen-bond acceptors (Lipinski definition) is 3. The van der Waals surface area contributed by atoms with Crippen molar-refractivity contribution in [3.8, 4) is 61.8 Å². The van der Waals surface area contributed by atoms with Crippen LogP contribution in [0.2, 0.25) is 0 Å². The fraction of sp³-hybridized carbons (Fsp3) is 0. The Labute approximate surface area is 323 Å². The van der Waals surface area contributed by atoms with Crippen molar-refractivity contribution in [3.05, 3.63) is 200 Å². The average Bonchev–Trinajstić information content (AvgIpc) is 3.83. The van der Waals surface area contributed by atoms with Gasteiger partial charge in [0.05, 0.1) is 22.4 Å². The van der Waals surface area contributed by atoms with Gasteiger partial charge in [0.25, 0.3) is 0 Å². The number of nitrogens with zero attached hydrogens (tertiary/aromatic N) is 3. The molecule has 11 rings (SSSR count). The lowest BCUT2D eigenvalue weighted by molar-refractivity contribution is 0.670. The standard InChI is InChI=1S/C52H33N3O/c1-4-15-34(16-5-1)35-27-29-38(30-28-35)46-33-45(37-19-8-3-9-20-37)53-52(54-46)42-23-14-25-48-50(42)41-22-10-12-24-47(41)55(48)39-31-43(36-17-6-2-7-18-36)51-44(32-39)40-21-11-13-26-49(40)56-51/h1-33H. The number of rotatable bonds is 6. The van der Waals surface area contributed by atoms with Crippen LogP contribution < -0.4 is 0 Å². The Balaban J connectivity index is 1.15. The van der Waals surface area contributed by atoms with Crippen LogP contribution in [0.3, 0.4) is 0 Å². The highest BCUT2D eigenvalue weighted by molar-refractivity contribution is 6.16. The molecule has 3 heterocycles. The first-order chi connectivity index (χ1) is 27.8. The summed E-state index contributed by atoms with van der Waals surface area (Å²) >= 11 is 0. The number of furan rings is 1. The van der Waals surface area contributed by atoms with Gasteiger partial charge < -0.3 is 8.98 Å². The van der Waals surface area contributed by atoms with Crippen LogP contribution in [-0.4, -0.2) is 14.5 Å². The van der Waals surface area contributed by atoms with Gasteiger partial charge >= 0.3 is 0 Å². The highest BCUT2D eigenvalue weighted by atomic mass is 16.3. The van der Waals surface area contributed by atoms with Gasteiger partial charge in [0.1, 0.15) is 11.2 Å². The van der Waals surface area contributed by atoms with E-state index < -0.39 is 0 Å². The molecule has 3 aromatic heterocycles. The summed E-state index contributed by atoms with van der Waals surface area (Å²) in [6.07, 6.45) is 0. The maximum atomic E-state index is 6.56. The summed E-state index contributed by atoms with van der Waals surface area (Å²) in [5.41, 5.74) is 14.3. The van der Waals surface area contributed by atoms with Crippen molar-refractivity contribution in [2.45, 2.75) is 0 Å². The van der Waals surface area contributed by atoms with Gasteiger partial charge in [-0.05, 0) is 53.1 Å². The minimum atomic E-state index is 0.684. The molecule has 0 radical (unpaired) electrons. The molecule has 0 aliphatic heterocycles. The lowest BCUT2D eigenvalue weighted by atomic mass is 10.0. The third kappa shape index (κ3) is 5.31. The zero-order valence-corrected chi connectivity index (χ0v) is 30.3. The van der Waals surface area contributed by atoms with Gasteiger partial charge in [-0.15, -0.1) is 0 Å². The predicted octanol–water partition coefficient (Wildman–Crippen LogP) is 13.8. The molecule has 0 fully saturated rings. The second kappa shape index (κ2) is 13.1. The molecule has 0 unspecified atom stereocenters. The Hall–Kier alpha value is -7.56. The van der Waals surface area contributed by atoms with Crippen LogP contribution in [0, 0.1) is 0 Å². The minimum Gasteiger partial charge on any atom is -0.455 e. The van der Waals surface area contributed by atoms with E-state index in [4.69, 9.17) is 14.4 Å². The van der Waals surface area contributed by atoms with E-state index in [1.54, 1.807) is 0 Å². The quantitative estimate of drug-likeness (QED) is 0.172. The molecule has 0 atom stereocenters. The second-order valence-electron chi connectivity index (χ2n) is 14.2. The van der Waals surface area contributed by atoms with Crippen LogP contribution in [-0.2, 0) is 0 Å². The molecule has 0 spiro atoms. The molecule has 0 N–H and O–H groups in total. The van der Waals surface area contributed by atoms with E-state index in [1.165, 1.54) is 11.1 Å². The Morgan fingerprint density at radius 3 is 1.66 bits per heavy atom. The molecule has 262 valence electrons. The summed E-state index contributed by atoms with van der Waals surface area (Å²) in [6.45, 7) is 0. The number of benzene rings is 8. The molecule has 0 bridgehead atoms. The normalized spacial score (nSPS) is 11.6. The summed E-state index contributed by atoms with van der Waals surface area (Å²) < 4.78 is 8.94. The van der Waals surface area contributed by atoms with Crippen LogP contribution in [0.25, 0.3) is 106 Å². The van der Waals surface area contributed by atoms with Crippen molar-refractivity contribution in [1.29, 1.82) is 0 Å². The van der Waals surface area contributed by atoms with Gasteiger partial charge in [0.15, 0.2) is 5.82 Å². The zero-order valence-electron chi connectivity index (χ0n) is 30.3. The Bertz CT molecular complexity index is 3220. The van der Waals surface area contributed by atoms with E-state index in [2.05, 4.69) is 180 Å². The smallest absolute Gasteiger partial charge is 0.161 e. The molecule has 0 aliphatic carbocycles. The van der Waals surface area contributed by atoms with Gasteiger partial charge in [0.2, 0.25) is 0 Å². The van der Waals surface area contributed by atoms with Gasteiger partial charge in [-0.3, -0.25) is 0 Å². The summed E-state index contributed by atoms with van der Waals surface area (Å²) in [6, 6.07) is 70.2. The number of hydrogen-bond donors (Lipinski definition) is 0. The highest BCUT2D eigenvalue weighted by Gasteiger charge is 2.21. The van der Waals surface area contributed by atoms with E-state index >= 15 is 0 Å². The fourth-order valence-corrected chi connectivity index (χ4v) is 8.19. The van der Waals surface area contributed by atoms with Gasteiger partial charge in [-0.25, -0.2) is 9.97 Å². The molecule has 4 nitrogen and oxygen atoms in total. The SMILES string of the molecule is c1ccc(-c2ccc(-c3cc(-c4ccccc4)nc(-c4cccc5c4c4ccccc4n5-c4cc(-c5ccccc5)c5oc6ccccc6c5c4)n3)cc2)cc1. The second-order valence-corrected chi connectivity index (χ2v) is 14.2. The van der Waals surface area contributed by atoms with Gasteiger partial charge in [0, 0.05) is 49.5 Å².